The summed E-state index contributed by atoms with van der Waals surface area (Å²) in [6.45, 7) is 0.154. The maximum atomic E-state index is 12.4. The Labute approximate surface area is 131 Å². The van der Waals surface area contributed by atoms with Crippen LogP contribution in [-0.2, 0) is 14.4 Å². The molecule has 1 saturated heterocycles. The van der Waals surface area contributed by atoms with Gasteiger partial charge < -0.3 is 5.32 Å². The second-order valence-corrected chi connectivity index (χ2v) is 6.86. The lowest BCUT2D eigenvalue weighted by Gasteiger charge is -2.16. The van der Waals surface area contributed by atoms with Crippen LogP contribution in [0.2, 0.25) is 0 Å². The molecule has 3 aliphatic rings. The number of thiazole rings is 1. The molecule has 1 N–H and O–H groups in total. The minimum absolute atomic E-state index is 0.103. The van der Waals surface area contributed by atoms with Crippen molar-refractivity contribution in [2.24, 2.45) is 23.7 Å². The third-order valence-electron chi connectivity index (χ3n) is 4.80. The molecule has 4 rings (SSSR count). The zero-order valence-corrected chi connectivity index (χ0v) is 12.6. The molecule has 0 aromatic carbocycles. The number of hydrogen-bond acceptors (Lipinski definition) is 5. The van der Waals surface area contributed by atoms with E-state index in [2.05, 4.69) is 22.5 Å². The maximum absolute atomic E-state index is 12.4. The molecule has 0 radical (unpaired) electrons. The first kappa shape index (κ1) is 13.6. The van der Waals surface area contributed by atoms with Crippen molar-refractivity contribution < 1.29 is 14.4 Å². The number of allylic oxidation sites excluding steroid dienone is 2. The van der Waals surface area contributed by atoms with Crippen molar-refractivity contribution in [2.75, 3.05) is 11.9 Å². The van der Waals surface area contributed by atoms with Crippen molar-refractivity contribution in [1.29, 1.82) is 0 Å². The lowest BCUT2D eigenvalue weighted by Crippen LogP contribution is -2.35. The Hall–Kier alpha value is -2.02. The number of aromatic nitrogens is 1. The second kappa shape index (κ2) is 5.01. The number of fused-ring (bicyclic) bond motifs is 5. The molecule has 1 aromatic heterocycles. The normalized spacial score (nSPS) is 31.9. The van der Waals surface area contributed by atoms with Crippen LogP contribution in [0, 0.1) is 23.7 Å². The van der Waals surface area contributed by atoms with Crippen LogP contribution in [0.5, 0.6) is 0 Å². The van der Waals surface area contributed by atoms with E-state index in [1.54, 1.807) is 11.6 Å². The molecule has 2 heterocycles. The van der Waals surface area contributed by atoms with E-state index < -0.39 is 0 Å². The summed E-state index contributed by atoms with van der Waals surface area (Å²) in [6, 6.07) is 0. The van der Waals surface area contributed by atoms with Gasteiger partial charge in [0.1, 0.15) is 0 Å². The summed E-state index contributed by atoms with van der Waals surface area (Å²) in [5, 5.41) is 4.96. The number of nitrogens with one attached hydrogen (secondary N) is 1. The Morgan fingerprint density at radius 2 is 1.95 bits per heavy atom. The highest BCUT2D eigenvalue weighted by molar-refractivity contribution is 7.13. The van der Waals surface area contributed by atoms with Crippen molar-refractivity contribution in [3.63, 3.8) is 0 Å². The third kappa shape index (κ3) is 1.99. The van der Waals surface area contributed by atoms with E-state index >= 15 is 0 Å². The first-order chi connectivity index (χ1) is 10.6. The monoisotopic (exact) mass is 317 g/mol. The van der Waals surface area contributed by atoms with Crippen LogP contribution >= 0.6 is 11.3 Å². The van der Waals surface area contributed by atoms with Gasteiger partial charge in [-0.05, 0) is 18.3 Å². The molecular formula is C15H15N3O3S. The van der Waals surface area contributed by atoms with E-state index in [0.717, 1.165) is 6.42 Å². The predicted octanol–water partition coefficient (Wildman–Crippen LogP) is 1.28. The zero-order chi connectivity index (χ0) is 15.3. The number of imide groups is 1. The Bertz CT molecular complexity index is 640. The molecule has 22 heavy (non-hydrogen) atoms. The summed E-state index contributed by atoms with van der Waals surface area (Å²) in [4.78, 5) is 42.0. The van der Waals surface area contributed by atoms with Gasteiger partial charge >= 0.3 is 0 Å². The van der Waals surface area contributed by atoms with Crippen LogP contribution in [0.4, 0.5) is 5.13 Å². The molecule has 0 spiro atoms. The number of carbonyl (C=O) groups excluding carboxylic acids is 3. The van der Waals surface area contributed by atoms with Crippen molar-refractivity contribution in [1.82, 2.24) is 9.88 Å². The van der Waals surface area contributed by atoms with E-state index in [0.29, 0.717) is 5.13 Å². The average Bonchev–Trinajstić information content (AvgIpc) is 3.24. The van der Waals surface area contributed by atoms with Gasteiger partial charge in [0.25, 0.3) is 0 Å². The van der Waals surface area contributed by atoms with Gasteiger partial charge in [0.05, 0.1) is 11.8 Å². The summed E-state index contributed by atoms with van der Waals surface area (Å²) in [5.74, 6) is -0.397. The molecule has 4 atom stereocenters. The molecular weight excluding hydrogens is 302 g/mol. The van der Waals surface area contributed by atoms with Crippen LogP contribution in [-0.4, -0.2) is 34.2 Å². The largest absolute Gasteiger partial charge is 0.302 e. The van der Waals surface area contributed by atoms with Gasteiger partial charge in [-0.2, -0.15) is 0 Å². The van der Waals surface area contributed by atoms with Gasteiger partial charge in [-0.15, -0.1) is 11.3 Å². The lowest BCUT2D eigenvalue weighted by atomic mass is 9.85. The number of rotatable bonds is 4. The Balaban J connectivity index is 1.39. The van der Waals surface area contributed by atoms with E-state index in [9.17, 15) is 14.4 Å². The number of hydrogen-bond donors (Lipinski definition) is 1. The molecule has 114 valence electrons. The summed E-state index contributed by atoms with van der Waals surface area (Å²) in [5.41, 5.74) is 0. The van der Waals surface area contributed by atoms with Crippen molar-refractivity contribution >= 4 is 34.2 Å². The highest BCUT2D eigenvalue weighted by Gasteiger charge is 2.58. The smallest absolute Gasteiger partial charge is 0.233 e. The summed E-state index contributed by atoms with van der Waals surface area (Å²) < 4.78 is 0. The Morgan fingerprint density at radius 1 is 1.27 bits per heavy atom. The van der Waals surface area contributed by atoms with Gasteiger partial charge in [-0.25, -0.2) is 4.98 Å². The SMILES string of the molecule is O=C(CCN1C(=O)[C@@H]2[C@H](C1=O)[C@H]1C=C[C@H]2C1)Nc1nccs1. The van der Waals surface area contributed by atoms with Crippen LogP contribution in [0.15, 0.2) is 23.7 Å². The molecule has 1 aliphatic heterocycles. The standard InChI is InChI=1S/C15H15N3O3S/c19-10(17-15-16-4-6-22-15)3-5-18-13(20)11-8-1-2-9(7-8)12(11)14(18)21/h1-2,4,6,8-9,11-12H,3,5,7H2,(H,16,17,19)/t8-,9-,11-,12+/m0/s1. The summed E-state index contributed by atoms with van der Waals surface area (Å²) in [6.07, 6.45) is 6.77. The molecule has 1 saturated carbocycles. The van der Waals surface area contributed by atoms with Gasteiger partial charge in [-0.1, -0.05) is 12.2 Å². The third-order valence-corrected chi connectivity index (χ3v) is 5.49. The topological polar surface area (TPSA) is 79.4 Å². The van der Waals surface area contributed by atoms with Crippen LogP contribution in [0.3, 0.4) is 0 Å². The highest BCUT2D eigenvalue weighted by Crippen LogP contribution is 2.52. The molecule has 1 aromatic rings. The number of carbonyl (C=O) groups is 3. The highest BCUT2D eigenvalue weighted by atomic mass is 32.1. The number of nitrogens with zero attached hydrogens (tertiary/aromatic N) is 2. The fraction of sp³-hybridized carbons (Fsp3) is 0.467. The summed E-state index contributed by atoms with van der Waals surface area (Å²) in [7, 11) is 0. The van der Waals surface area contributed by atoms with Crippen molar-refractivity contribution in [3.8, 4) is 0 Å². The molecule has 2 bridgehead atoms. The number of amides is 3. The van der Waals surface area contributed by atoms with E-state index in [-0.39, 0.29) is 54.4 Å². The molecule has 2 fully saturated rings. The maximum Gasteiger partial charge on any atom is 0.233 e. The fourth-order valence-corrected chi connectivity index (χ4v) is 4.41. The Morgan fingerprint density at radius 3 is 2.55 bits per heavy atom. The molecule has 2 aliphatic carbocycles. The molecule has 0 unspecified atom stereocenters. The van der Waals surface area contributed by atoms with Crippen LogP contribution in [0.1, 0.15) is 12.8 Å². The Kier molecular flexibility index (Phi) is 3.11. The van der Waals surface area contributed by atoms with Crippen molar-refractivity contribution in [3.05, 3.63) is 23.7 Å². The average molecular weight is 317 g/mol. The van der Waals surface area contributed by atoms with Gasteiger partial charge in [0, 0.05) is 24.5 Å². The minimum atomic E-state index is -0.228. The van der Waals surface area contributed by atoms with Crippen molar-refractivity contribution in [2.45, 2.75) is 12.8 Å². The molecule has 3 amide bonds. The van der Waals surface area contributed by atoms with Gasteiger partial charge in [0.15, 0.2) is 5.13 Å². The predicted molar refractivity (Wildman–Crippen MR) is 79.8 cm³/mol. The second-order valence-electron chi connectivity index (χ2n) is 5.96. The first-order valence-corrected chi connectivity index (χ1v) is 8.26. The zero-order valence-electron chi connectivity index (χ0n) is 11.8. The minimum Gasteiger partial charge on any atom is -0.302 e. The van der Waals surface area contributed by atoms with E-state index in [1.807, 2.05) is 0 Å². The van der Waals surface area contributed by atoms with Gasteiger partial charge in [-0.3, -0.25) is 19.3 Å². The number of likely N-dealkylation sites (tertiary alicyclic amines) is 1. The number of anilines is 1. The molecule has 6 nitrogen and oxygen atoms in total. The first-order valence-electron chi connectivity index (χ1n) is 7.38. The van der Waals surface area contributed by atoms with Crippen LogP contribution in [0.25, 0.3) is 0 Å². The van der Waals surface area contributed by atoms with E-state index in [4.69, 9.17) is 0 Å². The van der Waals surface area contributed by atoms with Crippen LogP contribution < -0.4 is 5.32 Å². The molecule has 7 heteroatoms. The summed E-state index contributed by atoms with van der Waals surface area (Å²) >= 11 is 1.33. The quantitative estimate of drug-likeness (QED) is 0.670. The lowest BCUT2D eigenvalue weighted by molar-refractivity contribution is -0.140. The fourth-order valence-electron chi connectivity index (χ4n) is 3.86. The van der Waals surface area contributed by atoms with Gasteiger partial charge in [0.2, 0.25) is 17.7 Å². The van der Waals surface area contributed by atoms with E-state index in [1.165, 1.54) is 16.2 Å².